The molecule has 0 heterocycles. The highest BCUT2D eigenvalue weighted by atomic mass is 79.9. The van der Waals surface area contributed by atoms with Gasteiger partial charge in [-0.25, -0.2) is 0 Å². The van der Waals surface area contributed by atoms with Gasteiger partial charge < -0.3 is 14.8 Å². The number of halogens is 2. The van der Waals surface area contributed by atoms with Crippen LogP contribution in [0.25, 0.3) is 0 Å². The third-order valence-corrected chi connectivity index (χ3v) is 2.84. The first-order chi connectivity index (χ1) is 8.93. The normalized spacial score (nSPS) is 10.6. The molecule has 0 aromatic heterocycles. The van der Waals surface area contributed by atoms with Gasteiger partial charge in [-0.15, -0.1) is 0 Å². The smallest absolute Gasteiger partial charge is 0.166 e. The Labute approximate surface area is 128 Å². The molecule has 0 saturated carbocycles. The fourth-order valence-electron chi connectivity index (χ4n) is 1.53. The van der Waals surface area contributed by atoms with E-state index in [0.29, 0.717) is 35.7 Å². The van der Waals surface area contributed by atoms with Crippen LogP contribution in [-0.2, 0) is 6.54 Å². The van der Waals surface area contributed by atoms with Gasteiger partial charge in [-0.1, -0.05) is 48.0 Å². The second-order valence-electron chi connectivity index (χ2n) is 4.44. The van der Waals surface area contributed by atoms with E-state index < -0.39 is 0 Å². The van der Waals surface area contributed by atoms with Crippen molar-refractivity contribution in [3.8, 4) is 11.5 Å². The maximum Gasteiger partial charge on any atom is 0.166 e. The molecule has 0 aliphatic heterocycles. The lowest BCUT2D eigenvalue weighted by atomic mass is 10.1. The molecule has 0 aliphatic carbocycles. The summed E-state index contributed by atoms with van der Waals surface area (Å²) in [5, 5.41) is 3.97. The van der Waals surface area contributed by atoms with Crippen molar-refractivity contribution in [2.75, 3.05) is 13.7 Å². The van der Waals surface area contributed by atoms with Gasteiger partial charge in [0.15, 0.2) is 11.5 Å². The Balaban J connectivity index is 3.02. The average Bonchev–Trinajstić information content (AvgIpc) is 2.33. The van der Waals surface area contributed by atoms with Crippen LogP contribution in [0, 0.1) is 0 Å². The molecule has 0 amide bonds. The summed E-state index contributed by atoms with van der Waals surface area (Å²) in [7, 11) is 1.60. The molecular formula is C14H19BrClNO2. The Morgan fingerprint density at radius 3 is 2.68 bits per heavy atom. The quantitative estimate of drug-likeness (QED) is 0.803. The maximum absolute atomic E-state index is 6.09. The first-order valence-electron chi connectivity index (χ1n) is 6.00. The van der Waals surface area contributed by atoms with Gasteiger partial charge in [-0.3, -0.25) is 0 Å². The molecule has 0 spiro atoms. The van der Waals surface area contributed by atoms with Gasteiger partial charge in [0.05, 0.1) is 7.11 Å². The number of nitrogens with one attached hydrogen (secondary N) is 1. The first-order valence-corrected chi connectivity index (χ1v) is 7.17. The number of ether oxygens (including phenoxy) is 2. The van der Waals surface area contributed by atoms with Crippen molar-refractivity contribution in [3.63, 3.8) is 0 Å². The van der Waals surface area contributed by atoms with Gasteiger partial charge in [0, 0.05) is 33.7 Å². The summed E-state index contributed by atoms with van der Waals surface area (Å²) in [6.45, 7) is 8.98. The van der Waals surface area contributed by atoms with Crippen LogP contribution in [0.5, 0.6) is 11.5 Å². The van der Waals surface area contributed by atoms with Gasteiger partial charge in [0.25, 0.3) is 0 Å². The molecule has 0 bridgehead atoms. The largest absolute Gasteiger partial charge is 0.493 e. The minimum Gasteiger partial charge on any atom is -0.493 e. The topological polar surface area (TPSA) is 30.5 Å². The Hall–Kier alpha value is -0.710. The van der Waals surface area contributed by atoms with Crippen LogP contribution in [0.1, 0.15) is 19.4 Å². The van der Waals surface area contributed by atoms with E-state index in [9.17, 15) is 0 Å². The summed E-state index contributed by atoms with van der Waals surface area (Å²) in [5.74, 6) is 1.32. The summed E-state index contributed by atoms with van der Waals surface area (Å²) in [6, 6.07) is 4.00. The number of hydrogen-bond donors (Lipinski definition) is 1. The summed E-state index contributed by atoms with van der Waals surface area (Å²) in [5.41, 5.74) is 0.965. The van der Waals surface area contributed by atoms with Crippen LogP contribution < -0.4 is 14.8 Å². The highest BCUT2D eigenvalue weighted by molar-refractivity contribution is 9.11. The van der Waals surface area contributed by atoms with E-state index in [1.165, 1.54) is 0 Å². The zero-order valence-electron chi connectivity index (χ0n) is 11.4. The third-order valence-electron chi connectivity index (χ3n) is 2.39. The molecule has 106 valence electrons. The van der Waals surface area contributed by atoms with E-state index in [2.05, 4.69) is 41.7 Å². The molecule has 1 aromatic carbocycles. The molecule has 0 radical (unpaired) electrons. The van der Waals surface area contributed by atoms with Gasteiger partial charge in [-0.05, 0) is 6.07 Å². The van der Waals surface area contributed by atoms with E-state index in [1.807, 2.05) is 6.07 Å². The maximum atomic E-state index is 6.09. The van der Waals surface area contributed by atoms with E-state index >= 15 is 0 Å². The molecule has 0 fully saturated rings. The van der Waals surface area contributed by atoms with E-state index in [0.717, 1.165) is 10.0 Å². The fourth-order valence-corrected chi connectivity index (χ4v) is 1.88. The van der Waals surface area contributed by atoms with Crippen molar-refractivity contribution in [1.82, 2.24) is 5.32 Å². The predicted octanol–water partition coefficient (Wildman–Crippen LogP) is 4.13. The monoisotopic (exact) mass is 347 g/mol. The SMILES string of the molecule is C=C(Br)COc1c(CNC(C)C)cc(Cl)cc1OC. The zero-order valence-corrected chi connectivity index (χ0v) is 13.8. The summed E-state index contributed by atoms with van der Waals surface area (Å²) < 4.78 is 11.8. The van der Waals surface area contributed by atoms with Crippen LogP contribution in [0.15, 0.2) is 23.2 Å². The Kier molecular flexibility index (Phi) is 6.69. The van der Waals surface area contributed by atoms with Crippen molar-refractivity contribution in [2.24, 2.45) is 0 Å². The predicted molar refractivity (Wildman–Crippen MR) is 83.5 cm³/mol. The molecule has 0 aliphatic rings. The summed E-state index contributed by atoms with van der Waals surface area (Å²) in [6.07, 6.45) is 0. The molecule has 19 heavy (non-hydrogen) atoms. The number of methoxy groups -OCH3 is 1. The third kappa shape index (κ3) is 5.43. The molecule has 1 rings (SSSR count). The molecular weight excluding hydrogens is 330 g/mol. The lowest BCUT2D eigenvalue weighted by molar-refractivity contribution is 0.320. The highest BCUT2D eigenvalue weighted by Gasteiger charge is 2.13. The zero-order chi connectivity index (χ0) is 14.4. The Morgan fingerprint density at radius 2 is 2.16 bits per heavy atom. The van der Waals surface area contributed by atoms with Gasteiger partial charge in [-0.2, -0.15) is 0 Å². The molecule has 1 aromatic rings. The van der Waals surface area contributed by atoms with Crippen molar-refractivity contribution in [2.45, 2.75) is 26.4 Å². The first kappa shape index (κ1) is 16.3. The van der Waals surface area contributed by atoms with Crippen molar-refractivity contribution in [3.05, 3.63) is 33.8 Å². The van der Waals surface area contributed by atoms with Crippen molar-refractivity contribution in [1.29, 1.82) is 0 Å². The van der Waals surface area contributed by atoms with E-state index in [-0.39, 0.29) is 0 Å². The van der Waals surface area contributed by atoms with Crippen molar-refractivity contribution < 1.29 is 9.47 Å². The van der Waals surface area contributed by atoms with Gasteiger partial charge >= 0.3 is 0 Å². The number of benzene rings is 1. The van der Waals surface area contributed by atoms with E-state index in [4.69, 9.17) is 21.1 Å². The lowest BCUT2D eigenvalue weighted by Crippen LogP contribution is -2.22. The van der Waals surface area contributed by atoms with Crippen LogP contribution in [0.3, 0.4) is 0 Å². The Bertz CT molecular complexity index is 449. The van der Waals surface area contributed by atoms with Crippen molar-refractivity contribution >= 4 is 27.5 Å². The minimum absolute atomic E-state index is 0.379. The molecule has 0 atom stereocenters. The van der Waals surface area contributed by atoms with E-state index in [1.54, 1.807) is 13.2 Å². The molecule has 0 unspecified atom stereocenters. The molecule has 0 saturated heterocycles. The molecule has 5 heteroatoms. The average molecular weight is 349 g/mol. The van der Waals surface area contributed by atoms with Gasteiger partial charge in [0.1, 0.15) is 6.61 Å². The van der Waals surface area contributed by atoms with Crippen LogP contribution >= 0.6 is 27.5 Å². The Morgan fingerprint density at radius 1 is 1.47 bits per heavy atom. The number of hydrogen-bond acceptors (Lipinski definition) is 3. The molecule has 3 nitrogen and oxygen atoms in total. The minimum atomic E-state index is 0.379. The second kappa shape index (κ2) is 7.78. The lowest BCUT2D eigenvalue weighted by Gasteiger charge is -2.17. The standard InChI is InChI=1S/C14H19BrClNO2/c1-9(2)17-7-11-5-12(16)6-13(18-4)14(11)19-8-10(3)15/h5-6,9,17H,3,7-8H2,1-2,4H3. The van der Waals surface area contributed by atoms with Crippen LogP contribution in [-0.4, -0.2) is 19.8 Å². The van der Waals surface area contributed by atoms with Gasteiger partial charge in [0.2, 0.25) is 0 Å². The summed E-state index contributed by atoms with van der Waals surface area (Å²) in [4.78, 5) is 0. The number of rotatable bonds is 7. The second-order valence-corrected chi connectivity index (χ2v) is 6.00. The fraction of sp³-hybridized carbons (Fsp3) is 0.429. The summed E-state index contributed by atoms with van der Waals surface area (Å²) >= 11 is 9.37. The molecule has 1 N–H and O–H groups in total. The van der Waals surface area contributed by atoms with Crippen LogP contribution in [0.2, 0.25) is 5.02 Å². The van der Waals surface area contributed by atoms with Crippen LogP contribution in [0.4, 0.5) is 0 Å². The highest BCUT2D eigenvalue weighted by Crippen LogP contribution is 2.35.